The SMILES string of the molecule is CC(NC(C)(C)C(=O)O)C12CC3CC(CC(C3)C1)C2. The highest BCUT2D eigenvalue weighted by Gasteiger charge is 2.53. The van der Waals surface area contributed by atoms with Crippen LogP contribution in [0.4, 0.5) is 0 Å². The Morgan fingerprint density at radius 1 is 1.16 bits per heavy atom. The van der Waals surface area contributed by atoms with Gasteiger partial charge in [-0.05, 0) is 82.5 Å². The lowest BCUT2D eigenvalue weighted by Gasteiger charge is -2.59. The first-order chi connectivity index (χ1) is 8.81. The van der Waals surface area contributed by atoms with E-state index in [9.17, 15) is 9.90 Å². The molecule has 0 aromatic heterocycles. The molecular weight excluding hydrogens is 238 g/mol. The number of nitrogens with one attached hydrogen (secondary N) is 1. The van der Waals surface area contributed by atoms with Gasteiger partial charge in [0.05, 0.1) is 0 Å². The van der Waals surface area contributed by atoms with Crippen LogP contribution in [0.5, 0.6) is 0 Å². The average Bonchev–Trinajstić information content (AvgIpc) is 2.26. The predicted octanol–water partition coefficient (Wildman–Crippen LogP) is 3.04. The van der Waals surface area contributed by atoms with E-state index in [0.717, 1.165) is 17.8 Å². The quantitative estimate of drug-likeness (QED) is 0.821. The van der Waals surface area contributed by atoms with Gasteiger partial charge in [-0.1, -0.05) is 0 Å². The minimum Gasteiger partial charge on any atom is -0.480 e. The Labute approximate surface area is 116 Å². The Kier molecular flexibility index (Phi) is 2.97. The molecule has 0 aliphatic heterocycles. The van der Waals surface area contributed by atoms with Crippen molar-refractivity contribution in [3.8, 4) is 0 Å². The lowest BCUT2D eigenvalue weighted by atomic mass is 9.48. The number of aliphatic carboxylic acids is 1. The second-order valence-corrected chi connectivity index (χ2v) is 8.08. The van der Waals surface area contributed by atoms with Crippen molar-refractivity contribution in [1.82, 2.24) is 5.32 Å². The summed E-state index contributed by atoms with van der Waals surface area (Å²) in [5.74, 6) is 2.01. The van der Waals surface area contributed by atoms with Crippen molar-refractivity contribution in [1.29, 1.82) is 0 Å². The standard InChI is InChI=1S/C16H27NO2/c1-10(17-15(2,3)14(18)19)16-7-11-4-12(8-16)6-13(5-11)9-16/h10-13,17H,4-9H2,1-3H3,(H,18,19). The molecular formula is C16H27NO2. The molecule has 1 atom stereocenters. The van der Waals surface area contributed by atoms with Crippen LogP contribution >= 0.6 is 0 Å². The number of rotatable bonds is 4. The zero-order chi connectivity index (χ0) is 13.8. The maximum absolute atomic E-state index is 11.3. The third kappa shape index (κ3) is 2.20. The fraction of sp³-hybridized carbons (Fsp3) is 0.938. The van der Waals surface area contributed by atoms with Gasteiger partial charge in [0.1, 0.15) is 5.54 Å². The summed E-state index contributed by atoms with van der Waals surface area (Å²) in [4.78, 5) is 11.3. The molecule has 0 heterocycles. The van der Waals surface area contributed by atoms with E-state index in [-0.39, 0.29) is 0 Å². The normalized spacial score (nSPS) is 42.4. The van der Waals surface area contributed by atoms with Gasteiger partial charge in [-0.15, -0.1) is 0 Å². The molecule has 3 heteroatoms. The van der Waals surface area contributed by atoms with E-state index in [0.29, 0.717) is 11.5 Å². The molecule has 4 saturated carbocycles. The number of hydrogen-bond donors (Lipinski definition) is 2. The predicted molar refractivity (Wildman–Crippen MR) is 74.9 cm³/mol. The Morgan fingerprint density at radius 2 is 1.58 bits per heavy atom. The van der Waals surface area contributed by atoms with E-state index in [1.165, 1.54) is 38.5 Å². The van der Waals surface area contributed by atoms with Crippen LogP contribution in [0.3, 0.4) is 0 Å². The third-order valence-electron chi connectivity index (χ3n) is 6.12. The molecule has 108 valence electrons. The third-order valence-corrected chi connectivity index (χ3v) is 6.12. The Bertz CT molecular complexity index is 353. The molecule has 0 saturated heterocycles. The first kappa shape index (κ1) is 13.4. The van der Waals surface area contributed by atoms with Crippen LogP contribution < -0.4 is 5.32 Å². The van der Waals surface area contributed by atoms with Crippen LogP contribution in [-0.2, 0) is 4.79 Å². The van der Waals surface area contributed by atoms with Crippen molar-refractivity contribution in [2.45, 2.75) is 70.9 Å². The molecule has 3 nitrogen and oxygen atoms in total. The van der Waals surface area contributed by atoms with Crippen LogP contribution in [0.15, 0.2) is 0 Å². The lowest BCUT2D eigenvalue weighted by molar-refractivity contribution is -0.145. The van der Waals surface area contributed by atoms with Gasteiger partial charge in [0.2, 0.25) is 0 Å². The first-order valence-electron chi connectivity index (χ1n) is 7.82. The van der Waals surface area contributed by atoms with Gasteiger partial charge < -0.3 is 5.11 Å². The molecule has 1 unspecified atom stereocenters. The second kappa shape index (κ2) is 4.21. The molecule has 4 bridgehead atoms. The minimum atomic E-state index is -0.817. The monoisotopic (exact) mass is 265 g/mol. The van der Waals surface area contributed by atoms with Gasteiger partial charge in [0.15, 0.2) is 0 Å². The van der Waals surface area contributed by atoms with Crippen LogP contribution in [0.1, 0.15) is 59.3 Å². The number of carboxylic acids is 1. The van der Waals surface area contributed by atoms with E-state index >= 15 is 0 Å². The molecule has 0 amide bonds. The highest BCUT2D eigenvalue weighted by molar-refractivity contribution is 5.77. The summed E-state index contributed by atoms with van der Waals surface area (Å²) in [5, 5.41) is 12.7. The summed E-state index contributed by atoms with van der Waals surface area (Å²) in [7, 11) is 0. The maximum atomic E-state index is 11.3. The van der Waals surface area contributed by atoms with Crippen LogP contribution in [0.25, 0.3) is 0 Å². The zero-order valence-electron chi connectivity index (χ0n) is 12.4. The topological polar surface area (TPSA) is 49.3 Å². The molecule has 0 radical (unpaired) electrons. The van der Waals surface area contributed by atoms with Crippen molar-refractivity contribution in [2.24, 2.45) is 23.2 Å². The summed E-state index contributed by atoms with van der Waals surface area (Å²) in [6.45, 7) is 5.79. The van der Waals surface area contributed by atoms with Crippen molar-refractivity contribution in [3.05, 3.63) is 0 Å². The molecule has 0 aromatic rings. The number of carboxylic acid groups (broad SMARTS) is 1. The molecule has 4 rings (SSSR count). The van der Waals surface area contributed by atoms with Gasteiger partial charge in [-0.3, -0.25) is 10.1 Å². The van der Waals surface area contributed by atoms with Crippen LogP contribution in [0, 0.1) is 23.2 Å². The van der Waals surface area contributed by atoms with Gasteiger partial charge in [-0.2, -0.15) is 0 Å². The van der Waals surface area contributed by atoms with Gasteiger partial charge in [0, 0.05) is 6.04 Å². The zero-order valence-corrected chi connectivity index (χ0v) is 12.4. The Morgan fingerprint density at radius 3 is 1.95 bits per heavy atom. The van der Waals surface area contributed by atoms with Crippen molar-refractivity contribution in [2.75, 3.05) is 0 Å². The van der Waals surface area contributed by atoms with Crippen molar-refractivity contribution < 1.29 is 9.90 Å². The maximum Gasteiger partial charge on any atom is 0.323 e. The van der Waals surface area contributed by atoms with E-state index in [4.69, 9.17) is 0 Å². The van der Waals surface area contributed by atoms with E-state index < -0.39 is 11.5 Å². The van der Waals surface area contributed by atoms with Crippen molar-refractivity contribution in [3.63, 3.8) is 0 Å². The molecule has 19 heavy (non-hydrogen) atoms. The summed E-state index contributed by atoms with van der Waals surface area (Å²) in [5.41, 5.74) is -0.440. The fourth-order valence-corrected chi connectivity index (χ4v) is 5.46. The smallest absolute Gasteiger partial charge is 0.323 e. The molecule has 4 aliphatic carbocycles. The fourth-order valence-electron chi connectivity index (χ4n) is 5.46. The van der Waals surface area contributed by atoms with E-state index in [1.54, 1.807) is 13.8 Å². The van der Waals surface area contributed by atoms with E-state index in [2.05, 4.69) is 12.2 Å². The first-order valence-corrected chi connectivity index (χ1v) is 7.82. The lowest BCUT2D eigenvalue weighted by Crippen LogP contribution is -2.60. The average molecular weight is 265 g/mol. The summed E-state index contributed by atoms with van der Waals surface area (Å²) in [6, 6.07) is 0.312. The van der Waals surface area contributed by atoms with Gasteiger partial charge in [0.25, 0.3) is 0 Å². The Balaban J connectivity index is 1.76. The minimum absolute atomic E-state index is 0.312. The van der Waals surface area contributed by atoms with Crippen LogP contribution in [0.2, 0.25) is 0 Å². The molecule has 0 spiro atoms. The second-order valence-electron chi connectivity index (χ2n) is 8.08. The highest BCUT2D eigenvalue weighted by atomic mass is 16.4. The summed E-state index contributed by atoms with van der Waals surface area (Å²) in [6.07, 6.45) is 8.28. The summed E-state index contributed by atoms with van der Waals surface area (Å²) < 4.78 is 0. The summed E-state index contributed by atoms with van der Waals surface area (Å²) >= 11 is 0. The Hall–Kier alpha value is -0.570. The van der Waals surface area contributed by atoms with E-state index in [1.807, 2.05) is 0 Å². The van der Waals surface area contributed by atoms with Crippen LogP contribution in [-0.4, -0.2) is 22.7 Å². The van der Waals surface area contributed by atoms with Crippen molar-refractivity contribution >= 4 is 5.97 Å². The van der Waals surface area contributed by atoms with Gasteiger partial charge >= 0.3 is 5.97 Å². The number of carbonyl (C=O) groups is 1. The molecule has 2 N–H and O–H groups in total. The molecule has 0 aromatic carbocycles. The molecule has 4 aliphatic rings. The molecule has 4 fully saturated rings. The largest absolute Gasteiger partial charge is 0.480 e. The van der Waals surface area contributed by atoms with Gasteiger partial charge in [-0.25, -0.2) is 0 Å². The number of hydrogen-bond acceptors (Lipinski definition) is 2. The highest BCUT2D eigenvalue weighted by Crippen LogP contribution is 2.61.